The van der Waals surface area contributed by atoms with Gasteiger partial charge in [-0.15, -0.1) is 11.3 Å². The van der Waals surface area contributed by atoms with Gasteiger partial charge in [0, 0.05) is 11.6 Å². The molecule has 0 atom stereocenters. The lowest BCUT2D eigenvalue weighted by Crippen LogP contribution is -2.13. The van der Waals surface area contributed by atoms with Crippen molar-refractivity contribution in [1.82, 2.24) is 9.97 Å². The van der Waals surface area contributed by atoms with Crippen LogP contribution in [0.2, 0.25) is 0 Å². The van der Waals surface area contributed by atoms with E-state index in [9.17, 15) is 4.79 Å². The van der Waals surface area contributed by atoms with Crippen molar-refractivity contribution in [2.45, 2.75) is 26.7 Å². The first kappa shape index (κ1) is 13.7. The smallest absolute Gasteiger partial charge is 0.276 e. The third kappa shape index (κ3) is 4.13. The summed E-state index contributed by atoms with van der Waals surface area (Å²) in [6.07, 6.45) is 3.66. The molecule has 0 fully saturated rings. The van der Waals surface area contributed by atoms with Crippen LogP contribution in [-0.4, -0.2) is 15.9 Å². The van der Waals surface area contributed by atoms with E-state index in [1.807, 2.05) is 5.38 Å². The van der Waals surface area contributed by atoms with E-state index in [4.69, 9.17) is 0 Å². The second-order valence-corrected chi connectivity index (χ2v) is 5.60. The Hall–Kier alpha value is -1.75. The second kappa shape index (κ2) is 6.43. The number of hydrogen-bond donors (Lipinski definition) is 1. The molecule has 0 spiro atoms. The summed E-state index contributed by atoms with van der Waals surface area (Å²) in [5, 5.41) is 5.40. The Kier molecular flexibility index (Phi) is 4.63. The molecule has 2 rings (SSSR count). The average Bonchev–Trinajstić information content (AvgIpc) is 2.85. The first-order valence-electron chi connectivity index (χ1n) is 6.32. The van der Waals surface area contributed by atoms with Crippen LogP contribution in [0.15, 0.2) is 29.8 Å². The minimum atomic E-state index is -0.217. The van der Waals surface area contributed by atoms with Crippen LogP contribution in [0.4, 0.5) is 5.13 Å². The number of hydrogen-bond acceptors (Lipinski definition) is 4. The van der Waals surface area contributed by atoms with Crippen LogP contribution < -0.4 is 5.32 Å². The third-order valence-electron chi connectivity index (χ3n) is 2.65. The summed E-state index contributed by atoms with van der Waals surface area (Å²) in [5.74, 6) is 0.443. The minimum absolute atomic E-state index is 0.217. The number of nitrogens with zero attached hydrogens (tertiary/aromatic N) is 2. The zero-order valence-corrected chi connectivity index (χ0v) is 11.9. The fourth-order valence-corrected chi connectivity index (χ4v) is 2.31. The lowest BCUT2D eigenvalue weighted by molar-refractivity contribution is 0.102. The lowest BCUT2D eigenvalue weighted by Gasteiger charge is -2.01. The Bertz CT molecular complexity index is 537. The van der Waals surface area contributed by atoms with Gasteiger partial charge in [-0.25, -0.2) is 4.98 Å². The highest BCUT2D eigenvalue weighted by Crippen LogP contribution is 2.18. The van der Waals surface area contributed by atoms with Crippen LogP contribution in [0.1, 0.15) is 36.5 Å². The third-order valence-corrected chi connectivity index (χ3v) is 3.45. The van der Waals surface area contributed by atoms with Gasteiger partial charge in [0.2, 0.25) is 0 Å². The van der Waals surface area contributed by atoms with Gasteiger partial charge in [-0.05, 0) is 30.9 Å². The van der Waals surface area contributed by atoms with Gasteiger partial charge in [-0.3, -0.25) is 15.1 Å². The second-order valence-electron chi connectivity index (χ2n) is 4.75. The minimum Gasteiger partial charge on any atom is -0.296 e. The quantitative estimate of drug-likeness (QED) is 0.910. The molecule has 2 aromatic heterocycles. The van der Waals surface area contributed by atoms with Crippen molar-refractivity contribution in [2.24, 2.45) is 5.92 Å². The highest BCUT2D eigenvalue weighted by atomic mass is 32.1. The summed E-state index contributed by atoms with van der Waals surface area (Å²) in [4.78, 5) is 20.3. The van der Waals surface area contributed by atoms with Crippen molar-refractivity contribution in [2.75, 3.05) is 5.32 Å². The Morgan fingerprint density at radius 1 is 1.42 bits per heavy atom. The van der Waals surface area contributed by atoms with Crippen molar-refractivity contribution in [3.8, 4) is 0 Å². The topological polar surface area (TPSA) is 54.9 Å². The fraction of sp³-hybridized carbons (Fsp3) is 0.357. The molecule has 100 valence electrons. The average molecular weight is 275 g/mol. The summed E-state index contributed by atoms with van der Waals surface area (Å²) in [6, 6.07) is 5.25. The molecular formula is C14H17N3OS. The predicted molar refractivity (Wildman–Crippen MR) is 77.5 cm³/mol. The number of aromatic nitrogens is 2. The maximum atomic E-state index is 11.9. The highest BCUT2D eigenvalue weighted by molar-refractivity contribution is 7.13. The van der Waals surface area contributed by atoms with Gasteiger partial charge < -0.3 is 0 Å². The molecule has 0 saturated carbocycles. The summed E-state index contributed by atoms with van der Waals surface area (Å²) in [7, 11) is 0. The standard InChI is InChI=1S/C14H17N3OS/c1-10(2)6-7-11-9-19-14(16-11)17-13(18)12-5-3-4-8-15-12/h3-5,8-10H,6-7H2,1-2H3,(H,16,17,18). The SMILES string of the molecule is CC(C)CCc1csc(NC(=O)c2ccccn2)n1. The van der Waals surface area contributed by atoms with E-state index in [0.717, 1.165) is 18.5 Å². The number of thiazole rings is 1. The van der Waals surface area contributed by atoms with Crippen molar-refractivity contribution < 1.29 is 4.79 Å². The molecule has 0 radical (unpaired) electrons. The number of pyridine rings is 1. The van der Waals surface area contributed by atoms with Crippen LogP contribution in [-0.2, 0) is 6.42 Å². The first-order valence-corrected chi connectivity index (χ1v) is 7.20. The van der Waals surface area contributed by atoms with Crippen LogP contribution >= 0.6 is 11.3 Å². The molecule has 0 aliphatic heterocycles. The molecule has 19 heavy (non-hydrogen) atoms. The zero-order valence-electron chi connectivity index (χ0n) is 11.1. The Morgan fingerprint density at radius 2 is 2.26 bits per heavy atom. The maximum absolute atomic E-state index is 11.9. The van der Waals surface area contributed by atoms with E-state index in [2.05, 4.69) is 29.1 Å². The predicted octanol–water partition coefficient (Wildman–Crippen LogP) is 3.38. The number of aryl methyl sites for hydroxylation is 1. The molecule has 0 aromatic carbocycles. The van der Waals surface area contributed by atoms with Gasteiger partial charge in [0.15, 0.2) is 5.13 Å². The summed E-state index contributed by atoms with van der Waals surface area (Å²) in [5.41, 5.74) is 1.44. The van der Waals surface area contributed by atoms with E-state index in [1.54, 1.807) is 24.4 Å². The van der Waals surface area contributed by atoms with Crippen LogP contribution in [0.5, 0.6) is 0 Å². The molecule has 2 heterocycles. The van der Waals surface area contributed by atoms with Gasteiger partial charge in [0.25, 0.3) is 5.91 Å². The Morgan fingerprint density at radius 3 is 2.95 bits per heavy atom. The van der Waals surface area contributed by atoms with Crippen molar-refractivity contribution in [1.29, 1.82) is 0 Å². The molecule has 2 aromatic rings. The number of amides is 1. The molecule has 4 nitrogen and oxygen atoms in total. The fourth-order valence-electron chi connectivity index (χ4n) is 1.57. The first-order chi connectivity index (χ1) is 9.15. The number of rotatable bonds is 5. The van der Waals surface area contributed by atoms with Crippen LogP contribution in [0, 0.1) is 5.92 Å². The zero-order chi connectivity index (χ0) is 13.7. The van der Waals surface area contributed by atoms with Crippen LogP contribution in [0.3, 0.4) is 0 Å². The molecule has 1 N–H and O–H groups in total. The monoisotopic (exact) mass is 275 g/mol. The number of carbonyl (C=O) groups excluding carboxylic acids is 1. The number of anilines is 1. The molecule has 0 bridgehead atoms. The molecule has 0 saturated heterocycles. The summed E-state index contributed by atoms with van der Waals surface area (Å²) >= 11 is 1.45. The van der Waals surface area contributed by atoms with E-state index in [0.29, 0.717) is 16.7 Å². The van der Waals surface area contributed by atoms with Gasteiger partial charge in [0.05, 0.1) is 5.69 Å². The normalized spacial score (nSPS) is 10.7. The largest absolute Gasteiger partial charge is 0.296 e. The number of carbonyl (C=O) groups is 1. The van der Waals surface area contributed by atoms with Crippen molar-refractivity contribution >= 4 is 22.4 Å². The van der Waals surface area contributed by atoms with E-state index >= 15 is 0 Å². The van der Waals surface area contributed by atoms with Crippen LogP contribution in [0.25, 0.3) is 0 Å². The van der Waals surface area contributed by atoms with E-state index in [-0.39, 0.29) is 5.91 Å². The summed E-state index contributed by atoms with van der Waals surface area (Å²) < 4.78 is 0. The molecule has 0 aliphatic carbocycles. The van der Waals surface area contributed by atoms with E-state index < -0.39 is 0 Å². The van der Waals surface area contributed by atoms with Gasteiger partial charge >= 0.3 is 0 Å². The van der Waals surface area contributed by atoms with E-state index in [1.165, 1.54) is 11.3 Å². The Balaban J connectivity index is 1.95. The number of nitrogens with one attached hydrogen (secondary N) is 1. The molecule has 5 heteroatoms. The highest BCUT2D eigenvalue weighted by Gasteiger charge is 2.09. The van der Waals surface area contributed by atoms with Gasteiger partial charge in [-0.1, -0.05) is 19.9 Å². The van der Waals surface area contributed by atoms with Crippen molar-refractivity contribution in [3.63, 3.8) is 0 Å². The lowest BCUT2D eigenvalue weighted by atomic mass is 10.1. The molecule has 0 unspecified atom stereocenters. The molecule has 0 aliphatic rings. The van der Waals surface area contributed by atoms with Gasteiger partial charge in [-0.2, -0.15) is 0 Å². The Labute approximate surface area is 116 Å². The summed E-state index contributed by atoms with van der Waals surface area (Å²) in [6.45, 7) is 4.38. The van der Waals surface area contributed by atoms with Gasteiger partial charge in [0.1, 0.15) is 5.69 Å². The molecule has 1 amide bonds. The van der Waals surface area contributed by atoms with Crippen molar-refractivity contribution in [3.05, 3.63) is 41.2 Å². The maximum Gasteiger partial charge on any atom is 0.276 e. The molecular weight excluding hydrogens is 258 g/mol.